The Bertz CT molecular complexity index is 872. The normalized spacial score (nSPS) is 16.6. The molecule has 0 atom stereocenters. The van der Waals surface area contributed by atoms with Crippen LogP contribution in [0.4, 0.5) is 0 Å². The first-order valence-electron chi connectivity index (χ1n) is 9.00. The fourth-order valence-corrected chi connectivity index (χ4v) is 3.36. The summed E-state index contributed by atoms with van der Waals surface area (Å²) < 4.78 is 0.759. The van der Waals surface area contributed by atoms with Crippen molar-refractivity contribution in [1.29, 1.82) is 0 Å². The molecule has 4 rings (SSSR count). The summed E-state index contributed by atoms with van der Waals surface area (Å²) in [5.74, 6) is 1.52. The number of phenolic OH excluding ortho intramolecular Hbond substituents is 1. The van der Waals surface area contributed by atoms with Gasteiger partial charge < -0.3 is 20.3 Å². The smallest absolute Gasteiger partial charge is 0.250 e. The van der Waals surface area contributed by atoms with Crippen LogP contribution in [-0.4, -0.2) is 63.9 Å². The van der Waals surface area contributed by atoms with Crippen molar-refractivity contribution < 1.29 is 5.11 Å². The van der Waals surface area contributed by atoms with Gasteiger partial charge in [0.05, 0.1) is 10.8 Å². The van der Waals surface area contributed by atoms with E-state index in [0.717, 1.165) is 48.6 Å². The summed E-state index contributed by atoms with van der Waals surface area (Å²) in [6, 6.07) is 7.17. The molecule has 0 unspecified atom stereocenters. The van der Waals surface area contributed by atoms with Crippen LogP contribution in [0.5, 0.6) is 5.75 Å². The van der Waals surface area contributed by atoms with Gasteiger partial charge in [0.1, 0.15) is 18.2 Å². The van der Waals surface area contributed by atoms with Crippen LogP contribution in [0.1, 0.15) is 5.56 Å². The number of nitrogens with one attached hydrogen (secondary N) is 2. The second-order valence-corrected chi connectivity index (χ2v) is 7.19. The van der Waals surface area contributed by atoms with Crippen molar-refractivity contribution in [3.05, 3.63) is 69.1 Å². The van der Waals surface area contributed by atoms with E-state index in [1.165, 1.54) is 18.6 Å². The summed E-state index contributed by atoms with van der Waals surface area (Å²) in [4.78, 5) is 25.0. The molecule has 0 radical (unpaired) electrons. The molecule has 0 bridgehead atoms. The number of aromatic amines is 1. The Morgan fingerprint density at radius 1 is 1.18 bits per heavy atom. The van der Waals surface area contributed by atoms with Crippen LogP contribution in [0, 0.1) is 0 Å². The molecule has 1 aromatic heterocycles. The summed E-state index contributed by atoms with van der Waals surface area (Å²) in [5, 5.41) is 13.4. The van der Waals surface area contributed by atoms with E-state index in [9.17, 15) is 9.90 Å². The van der Waals surface area contributed by atoms with Crippen molar-refractivity contribution >= 4 is 22.1 Å². The van der Waals surface area contributed by atoms with E-state index in [1.54, 1.807) is 0 Å². The minimum Gasteiger partial charge on any atom is -0.506 e. The Morgan fingerprint density at radius 3 is 2.61 bits per heavy atom. The Hall–Kier alpha value is -2.65. The highest BCUT2D eigenvalue weighted by Gasteiger charge is 2.20. The van der Waals surface area contributed by atoms with Gasteiger partial charge in [0, 0.05) is 56.8 Å². The van der Waals surface area contributed by atoms with Gasteiger partial charge in [-0.05, 0) is 28.1 Å². The maximum atomic E-state index is 10.2. The summed E-state index contributed by atoms with van der Waals surface area (Å²) >= 11 is 3.37. The highest BCUT2D eigenvalue weighted by atomic mass is 79.9. The number of phenols is 1. The number of para-hydroxylation sites is 1. The van der Waals surface area contributed by atoms with Gasteiger partial charge in [0.2, 0.25) is 0 Å². The standard InChI is InChI=1S/C15H19BrN4O.C4H4N2O/c16-13-3-1-2-12(15(13)21)10-19-6-8-20(9-7-19)14-4-5-17-11-18-14;7-4-1-2-5-3-6-4/h1-5,18,21H,6-11H2;1-3H,(H,5,6,7). The van der Waals surface area contributed by atoms with Crippen molar-refractivity contribution in [1.82, 2.24) is 25.1 Å². The molecule has 2 aliphatic rings. The van der Waals surface area contributed by atoms with Gasteiger partial charge >= 0.3 is 0 Å². The molecule has 0 amide bonds. The van der Waals surface area contributed by atoms with E-state index >= 15 is 0 Å². The quantitative estimate of drug-likeness (QED) is 0.661. The number of hydrogen-bond acceptors (Lipinski definition) is 7. The third kappa shape index (κ3) is 5.67. The number of rotatable bonds is 3. The fourth-order valence-electron chi connectivity index (χ4n) is 2.96. The summed E-state index contributed by atoms with van der Waals surface area (Å²) in [6.45, 7) is 5.40. The predicted octanol–water partition coefficient (Wildman–Crippen LogP) is 1.52. The van der Waals surface area contributed by atoms with Gasteiger partial charge in [-0.1, -0.05) is 12.1 Å². The SMILES string of the molecule is O=c1ccnc[nH]1.Oc1c(Br)cccc1CN1CCN(C2=CC=NCN2)CC1. The van der Waals surface area contributed by atoms with E-state index in [4.69, 9.17) is 0 Å². The van der Waals surface area contributed by atoms with E-state index in [-0.39, 0.29) is 5.56 Å². The number of allylic oxidation sites excluding steroid dienone is 1. The average molecular weight is 447 g/mol. The number of aromatic nitrogens is 2. The molecule has 0 spiro atoms. The molecule has 8 nitrogen and oxygen atoms in total. The number of aliphatic imine (C=N–C) groups is 1. The zero-order valence-corrected chi connectivity index (χ0v) is 17.0. The minimum absolute atomic E-state index is 0.116. The maximum Gasteiger partial charge on any atom is 0.250 e. The van der Waals surface area contributed by atoms with Crippen LogP contribution < -0.4 is 10.9 Å². The minimum atomic E-state index is -0.116. The lowest BCUT2D eigenvalue weighted by Crippen LogP contribution is -2.48. The zero-order valence-electron chi connectivity index (χ0n) is 15.4. The first kappa shape index (κ1) is 20.1. The molecule has 0 saturated carbocycles. The second-order valence-electron chi connectivity index (χ2n) is 6.33. The molecule has 1 saturated heterocycles. The lowest BCUT2D eigenvalue weighted by Gasteiger charge is -2.37. The average Bonchev–Trinajstić information content (AvgIpc) is 2.74. The van der Waals surface area contributed by atoms with Crippen molar-refractivity contribution in [3.63, 3.8) is 0 Å². The van der Waals surface area contributed by atoms with Crippen LogP contribution >= 0.6 is 15.9 Å². The van der Waals surface area contributed by atoms with Crippen molar-refractivity contribution in [3.8, 4) is 5.75 Å². The van der Waals surface area contributed by atoms with E-state index in [2.05, 4.69) is 46.0 Å². The molecule has 0 aliphatic carbocycles. The van der Waals surface area contributed by atoms with Crippen LogP contribution in [0.3, 0.4) is 0 Å². The summed E-state index contributed by atoms with van der Waals surface area (Å²) in [5.41, 5.74) is 0.856. The van der Waals surface area contributed by atoms with Gasteiger partial charge in [-0.25, -0.2) is 4.98 Å². The highest BCUT2D eigenvalue weighted by Crippen LogP contribution is 2.28. The predicted molar refractivity (Wildman–Crippen MR) is 112 cm³/mol. The monoisotopic (exact) mass is 446 g/mol. The molecule has 2 aliphatic heterocycles. The number of hydrogen-bond donors (Lipinski definition) is 3. The number of halogens is 1. The largest absolute Gasteiger partial charge is 0.506 e. The van der Waals surface area contributed by atoms with Gasteiger partial charge in [0.25, 0.3) is 5.56 Å². The van der Waals surface area contributed by atoms with E-state index in [0.29, 0.717) is 12.4 Å². The summed E-state index contributed by atoms with van der Waals surface area (Å²) in [6.07, 6.45) is 6.68. The topological polar surface area (TPSA) is 96.8 Å². The zero-order chi connectivity index (χ0) is 19.8. The first-order valence-corrected chi connectivity index (χ1v) is 9.79. The van der Waals surface area contributed by atoms with E-state index < -0.39 is 0 Å². The third-order valence-corrected chi connectivity index (χ3v) is 5.10. The molecular weight excluding hydrogens is 424 g/mol. The lowest BCUT2D eigenvalue weighted by molar-refractivity contribution is 0.145. The number of benzene rings is 1. The van der Waals surface area contributed by atoms with Crippen LogP contribution in [0.25, 0.3) is 0 Å². The molecule has 9 heteroatoms. The molecule has 1 fully saturated rings. The molecule has 1 aromatic carbocycles. The number of nitrogens with zero attached hydrogens (tertiary/aromatic N) is 4. The Balaban J connectivity index is 0.000000271. The maximum absolute atomic E-state index is 10.2. The Labute approximate surface area is 171 Å². The fraction of sp³-hybridized carbons (Fsp3) is 0.316. The molecular formula is C19H23BrN6O2. The van der Waals surface area contributed by atoms with Gasteiger partial charge in [-0.2, -0.15) is 0 Å². The van der Waals surface area contributed by atoms with Crippen LogP contribution in [-0.2, 0) is 6.54 Å². The molecule has 3 N–H and O–H groups in total. The van der Waals surface area contributed by atoms with Crippen LogP contribution in [0.15, 0.2) is 62.9 Å². The molecule has 2 aromatic rings. The number of aromatic hydroxyl groups is 1. The molecule has 3 heterocycles. The first-order chi connectivity index (χ1) is 13.6. The number of piperazine rings is 1. The van der Waals surface area contributed by atoms with Gasteiger partial charge in [0.15, 0.2) is 0 Å². The Kier molecular flexibility index (Phi) is 7.21. The van der Waals surface area contributed by atoms with Crippen LogP contribution in [0.2, 0.25) is 0 Å². The van der Waals surface area contributed by atoms with E-state index in [1.807, 2.05) is 30.5 Å². The lowest BCUT2D eigenvalue weighted by atomic mass is 10.1. The third-order valence-electron chi connectivity index (χ3n) is 4.46. The number of H-pyrrole nitrogens is 1. The molecule has 148 valence electrons. The van der Waals surface area contributed by atoms with Crippen molar-refractivity contribution in [2.24, 2.45) is 4.99 Å². The molecule has 28 heavy (non-hydrogen) atoms. The second kappa shape index (κ2) is 10.0. The Morgan fingerprint density at radius 2 is 2.00 bits per heavy atom. The van der Waals surface area contributed by atoms with Crippen molar-refractivity contribution in [2.75, 3.05) is 32.8 Å². The van der Waals surface area contributed by atoms with Gasteiger partial charge in [-0.3, -0.25) is 14.7 Å². The summed E-state index contributed by atoms with van der Waals surface area (Å²) in [7, 11) is 0. The highest BCUT2D eigenvalue weighted by molar-refractivity contribution is 9.10. The van der Waals surface area contributed by atoms with Gasteiger partial charge in [-0.15, -0.1) is 0 Å². The van der Waals surface area contributed by atoms with Crippen molar-refractivity contribution in [2.45, 2.75) is 6.54 Å².